The highest BCUT2D eigenvalue weighted by Crippen LogP contribution is 2.34. The SMILES string of the molecule is Cc1c(CS/C(=N\N)C(C)(C)C)nc(-c2ccccc2Cl)n1-c1ccc(Br)cc1. The molecule has 0 bridgehead atoms. The van der Waals surface area contributed by atoms with E-state index < -0.39 is 0 Å². The molecule has 3 rings (SSSR count). The summed E-state index contributed by atoms with van der Waals surface area (Å²) in [5.41, 5.74) is 3.89. The third kappa shape index (κ3) is 4.87. The summed E-state index contributed by atoms with van der Waals surface area (Å²) in [6.45, 7) is 8.40. The van der Waals surface area contributed by atoms with Gasteiger partial charge < -0.3 is 5.84 Å². The first-order valence-electron chi connectivity index (χ1n) is 9.22. The summed E-state index contributed by atoms with van der Waals surface area (Å²) in [4.78, 5) is 4.98. The first kappa shape index (κ1) is 21.9. The number of aromatic nitrogens is 2. The predicted molar refractivity (Wildman–Crippen MR) is 129 cm³/mol. The molecule has 0 radical (unpaired) electrons. The Morgan fingerprint density at radius 2 is 1.83 bits per heavy atom. The molecule has 7 heteroatoms. The molecule has 0 saturated heterocycles. The third-order valence-electron chi connectivity index (χ3n) is 4.51. The summed E-state index contributed by atoms with van der Waals surface area (Å²) in [7, 11) is 0. The average Bonchev–Trinajstić information content (AvgIpc) is 2.98. The van der Waals surface area contributed by atoms with E-state index in [4.69, 9.17) is 22.4 Å². The Balaban J connectivity index is 2.09. The van der Waals surface area contributed by atoms with Crippen LogP contribution in [-0.2, 0) is 5.75 Å². The second kappa shape index (κ2) is 8.94. The molecule has 0 aliphatic carbocycles. The van der Waals surface area contributed by atoms with Gasteiger partial charge >= 0.3 is 0 Å². The van der Waals surface area contributed by atoms with Crippen molar-refractivity contribution in [3.63, 3.8) is 0 Å². The number of hydrogen-bond acceptors (Lipinski definition) is 4. The van der Waals surface area contributed by atoms with Gasteiger partial charge in [0.15, 0.2) is 0 Å². The lowest BCUT2D eigenvalue weighted by Crippen LogP contribution is -2.18. The molecule has 3 aromatic rings. The molecule has 0 atom stereocenters. The van der Waals surface area contributed by atoms with Gasteiger partial charge in [-0.2, -0.15) is 5.10 Å². The van der Waals surface area contributed by atoms with Crippen LogP contribution in [-0.4, -0.2) is 14.6 Å². The van der Waals surface area contributed by atoms with Crippen LogP contribution < -0.4 is 5.84 Å². The van der Waals surface area contributed by atoms with E-state index >= 15 is 0 Å². The average molecular weight is 492 g/mol. The predicted octanol–water partition coefficient (Wildman–Crippen LogP) is 6.82. The number of hydrazone groups is 1. The van der Waals surface area contributed by atoms with E-state index in [1.54, 1.807) is 11.8 Å². The van der Waals surface area contributed by atoms with Gasteiger partial charge in [-0.3, -0.25) is 4.57 Å². The Morgan fingerprint density at radius 3 is 2.41 bits per heavy atom. The molecule has 0 amide bonds. The molecule has 1 aromatic heterocycles. The van der Waals surface area contributed by atoms with Crippen molar-refractivity contribution >= 4 is 44.3 Å². The standard InChI is InChI=1S/C22H24BrClN4S/c1-14-19(13-29-21(27-25)22(2,3)4)26-20(17-7-5-6-8-18(17)24)28(14)16-11-9-15(23)10-12-16/h5-12H,13,25H2,1-4H3/b27-21-. The van der Waals surface area contributed by atoms with Gasteiger partial charge in [0.25, 0.3) is 0 Å². The summed E-state index contributed by atoms with van der Waals surface area (Å²) in [5, 5.41) is 5.56. The molecular weight excluding hydrogens is 468 g/mol. The Labute approximate surface area is 189 Å². The number of benzene rings is 2. The number of halogens is 2. The first-order valence-corrected chi connectivity index (χ1v) is 11.4. The molecule has 2 aromatic carbocycles. The minimum absolute atomic E-state index is 0.104. The fourth-order valence-corrected chi connectivity index (χ4v) is 4.54. The maximum absolute atomic E-state index is 6.51. The quantitative estimate of drug-likeness (QED) is 0.189. The van der Waals surface area contributed by atoms with Crippen LogP contribution in [0.25, 0.3) is 17.1 Å². The molecule has 0 aliphatic heterocycles. The number of hydrogen-bond donors (Lipinski definition) is 1. The van der Waals surface area contributed by atoms with E-state index in [2.05, 4.69) is 65.4 Å². The zero-order chi connectivity index (χ0) is 21.2. The molecule has 0 spiro atoms. The second-order valence-corrected chi connectivity index (χ2v) is 10.0. The normalized spacial score (nSPS) is 12.4. The fourth-order valence-electron chi connectivity index (χ4n) is 3.00. The minimum Gasteiger partial charge on any atom is -0.323 e. The molecule has 0 unspecified atom stereocenters. The van der Waals surface area contributed by atoms with Crippen LogP contribution in [0.15, 0.2) is 58.1 Å². The third-order valence-corrected chi connectivity index (χ3v) is 6.78. The van der Waals surface area contributed by atoms with Gasteiger partial charge in [0.2, 0.25) is 0 Å². The summed E-state index contributed by atoms with van der Waals surface area (Å²) in [6, 6.07) is 16.0. The van der Waals surface area contributed by atoms with E-state index in [1.165, 1.54) is 0 Å². The maximum Gasteiger partial charge on any atom is 0.146 e. The van der Waals surface area contributed by atoms with Crippen LogP contribution in [0.1, 0.15) is 32.2 Å². The summed E-state index contributed by atoms with van der Waals surface area (Å²) < 4.78 is 3.18. The van der Waals surface area contributed by atoms with E-state index in [0.29, 0.717) is 10.8 Å². The van der Waals surface area contributed by atoms with Crippen molar-refractivity contribution in [1.82, 2.24) is 9.55 Å². The van der Waals surface area contributed by atoms with Crippen molar-refractivity contribution in [2.75, 3.05) is 0 Å². The topological polar surface area (TPSA) is 56.2 Å². The molecule has 1 heterocycles. The molecule has 4 nitrogen and oxygen atoms in total. The number of thioether (sulfide) groups is 1. The Morgan fingerprint density at radius 1 is 1.17 bits per heavy atom. The number of rotatable bonds is 4. The van der Waals surface area contributed by atoms with Crippen molar-refractivity contribution in [3.05, 3.63) is 69.4 Å². The van der Waals surface area contributed by atoms with E-state index in [-0.39, 0.29) is 5.41 Å². The van der Waals surface area contributed by atoms with E-state index in [9.17, 15) is 0 Å². The van der Waals surface area contributed by atoms with Gasteiger partial charge in [-0.05, 0) is 43.3 Å². The number of nitrogens with zero attached hydrogens (tertiary/aromatic N) is 3. The molecule has 152 valence electrons. The molecule has 0 saturated carbocycles. The molecule has 0 aliphatic rings. The van der Waals surface area contributed by atoms with Crippen molar-refractivity contribution in [2.24, 2.45) is 16.4 Å². The van der Waals surface area contributed by atoms with Gasteiger partial charge in [-0.1, -0.05) is 60.4 Å². The maximum atomic E-state index is 6.51. The van der Waals surface area contributed by atoms with Crippen molar-refractivity contribution in [1.29, 1.82) is 0 Å². The highest BCUT2D eigenvalue weighted by atomic mass is 79.9. The lowest BCUT2D eigenvalue weighted by Gasteiger charge is -2.19. The molecular formula is C22H24BrClN4S. The summed E-state index contributed by atoms with van der Waals surface area (Å²) in [5.74, 6) is 7.14. The zero-order valence-corrected chi connectivity index (χ0v) is 20.1. The van der Waals surface area contributed by atoms with Crippen molar-refractivity contribution in [3.8, 4) is 17.1 Å². The first-order chi connectivity index (χ1) is 13.7. The van der Waals surface area contributed by atoms with Gasteiger partial charge in [-0.15, -0.1) is 11.8 Å². The minimum atomic E-state index is -0.104. The van der Waals surface area contributed by atoms with Crippen LogP contribution in [0.5, 0.6) is 0 Å². The van der Waals surface area contributed by atoms with Crippen LogP contribution in [0.3, 0.4) is 0 Å². The Bertz CT molecular complexity index is 1040. The van der Waals surface area contributed by atoms with Crippen molar-refractivity contribution in [2.45, 2.75) is 33.4 Å². The highest BCUT2D eigenvalue weighted by molar-refractivity contribution is 9.10. The van der Waals surface area contributed by atoms with E-state index in [1.807, 2.05) is 36.4 Å². The van der Waals surface area contributed by atoms with E-state index in [0.717, 1.165) is 38.0 Å². The highest BCUT2D eigenvalue weighted by Gasteiger charge is 2.23. The monoisotopic (exact) mass is 490 g/mol. The lowest BCUT2D eigenvalue weighted by atomic mass is 9.99. The number of imidazole rings is 1. The smallest absolute Gasteiger partial charge is 0.146 e. The van der Waals surface area contributed by atoms with Crippen LogP contribution in [0, 0.1) is 12.3 Å². The Hall–Kier alpha value is -1.76. The van der Waals surface area contributed by atoms with Crippen molar-refractivity contribution < 1.29 is 0 Å². The van der Waals surface area contributed by atoms with Gasteiger partial charge in [0.1, 0.15) is 5.82 Å². The molecule has 29 heavy (non-hydrogen) atoms. The largest absolute Gasteiger partial charge is 0.323 e. The Kier molecular flexibility index (Phi) is 6.76. The zero-order valence-electron chi connectivity index (χ0n) is 16.9. The van der Waals surface area contributed by atoms with Crippen LogP contribution in [0.2, 0.25) is 5.02 Å². The number of nitrogens with two attached hydrogens (primary N) is 1. The van der Waals surface area contributed by atoms with Gasteiger partial charge in [-0.25, -0.2) is 4.98 Å². The summed E-state index contributed by atoms with van der Waals surface area (Å²) >= 11 is 11.6. The summed E-state index contributed by atoms with van der Waals surface area (Å²) in [6.07, 6.45) is 0. The molecule has 0 fully saturated rings. The molecule has 2 N–H and O–H groups in total. The fraction of sp³-hybridized carbons (Fsp3) is 0.273. The van der Waals surface area contributed by atoms with Crippen LogP contribution in [0.4, 0.5) is 0 Å². The lowest BCUT2D eigenvalue weighted by molar-refractivity contribution is 0.599. The second-order valence-electron chi connectivity index (χ2n) is 7.73. The van der Waals surface area contributed by atoms with Gasteiger partial charge in [0, 0.05) is 32.6 Å². The van der Waals surface area contributed by atoms with Gasteiger partial charge in [0.05, 0.1) is 15.8 Å². The van der Waals surface area contributed by atoms with Crippen LogP contribution >= 0.6 is 39.3 Å².